The van der Waals surface area contributed by atoms with E-state index in [2.05, 4.69) is 10.5 Å². The van der Waals surface area contributed by atoms with Crippen molar-refractivity contribution >= 4 is 18.1 Å². The number of phenols is 3. The predicted octanol–water partition coefficient (Wildman–Crippen LogP) is 1.29. The van der Waals surface area contributed by atoms with Gasteiger partial charge in [0.25, 0.3) is 0 Å². The molecule has 0 saturated heterocycles. The average Bonchev–Trinajstić information content (AvgIpc) is 2.46. The normalized spacial score (nSPS) is 10.7. The smallest absolute Gasteiger partial charge is 0.303 e. The summed E-state index contributed by atoms with van der Waals surface area (Å²) in [6.07, 6.45) is 3.15. The van der Waals surface area contributed by atoms with Gasteiger partial charge in [-0.1, -0.05) is 6.42 Å². The molecule has 0 aromatic heterocycles. The molecule has 22 heavy (non-hydrogen) atoms. The Labute approximate surface area is 126 Å². The maximum Gasteiger partial charge on any atom is 0.303 e. The summed E-state index contributed by atoms with van der Waals surface area (Å²) >= 11 is 0. The molecule has 0 radical (unpaired) electrons. The summed E-state index contributed by atoms with van der Waals surface area (Å²) in [6, 6.07) is 2.51. The highest BCUT2D eigenvalue weighted by molar-refractivity contribution is 5.86. The van der Waals surface area contributed by atoms with Crippen molar-refractivity contribution in [2.45, 2.75) is 32.1 Å². The number of rotatable bonds is 8. The zero-order chi connectivity index (χ0) is 16.5. The van der Waals surface area contributed by atoms with E-state index in [1.54, 1.807) is 0 Å². The van der Waals surface area contributed by atoms with Gasteiger partial charge in [-0.25, -0.2) is 5.43 Å². The highest BCUT2D eigenvalue weighted by Crippen LogP contribution is 2.36. The minimum absolute atomic E-state index is 0.0867. The summed E-state index contributed by atoms with van der Waals surface area (Å²) in [7, 11) is 0. The lowest BCUT2D eigenvalue weighted by Gasteiger charge is -2.03. The first-order valence-electron chi connectivity index (χ1n) is 6.69. The average molecular weight is 310 g/mol. The third-order valence-corrected chi connectivity index (χ3v) is 2.85. The van der Waals surface area contributed by atoms with Gasteiger partial charge in [-0.3, -0.25) is 9.59 Å². The molecule has 0 aliphatic rings. The van der Waals surface area contributed by atoms with Crippen LogP contribution in [0.3, 0.4) is 0 Å². The lowest BCUT2D eigenvalue weighted by Crippen LogP contribution is -2.16. The van der Waals surface area contributed by atoms with Crippen LogP contribution in [0.5, 0.6) is 17.2 Å². The number of hydrazone groups is 1. The van der Waals surface area contributed by atoms with E-state index in [1.807, 2.05) is 0 Å². The third-order valence-electron chi connectivity index (χ3n) is 2.85. The van der Waals surface area contributed by atoms with Gasteiger partial charge in [0.2, 0.25) is 11.7 Å². The molecule has 1 rings (SSSR count). The SMILES string of the molecule is O=C(O)CCCCCC(=O)N/N=C/c1ccc(O)c(O)c1O. The van der Waals surface area contributed by atoms with Gasteiger partial charge in [0, 0.05) is 18.4 Å². The lowest BCUT2D eigenvalue weighted by molar-refractivity contribution is -0.137. The number of phenolic OH excluding ortho intramolecular Hbond substituents is 3. The number of unbranched alkanes of at least 4 members (excludes halogenated alkanes) is 2. The van der Waals surface area contributed by atoms with Gasteiger partial charge in [0.1, 0.15) is 0 Å². The fourth-order valence-corrected chi connectivity index (χ4v) is 1.66. The van der Waals surface area contributed by atoms with Crippen LogP contribution in [-0.2, 0) is 9.59 Å². The number of nitrogens with one attached hydrogen (secondary N) is 1. The zero-order valence-electron chi connectivity index (χ0n) is 11.8. The molecule has 0 atom stereocenters. The van der Waals surface area contributed by atoms with Crippen LogP contribution in [0.25, 0.3) is 0 Å². The molecule has 0 aliphatic carbocycles. The predicted molar refractivity (Wildman–Crippen MR) is 77.9 cm³/mol. The van der Waals surface area contributed by atoms with E-state index in [9.17, 15) is 19.8 Å². The highest BCUT2D eigenvalue weighted by atomic mass is 16.4. The van der Waals surface area contributed by atoms with Gasteiger partial charge in [0.15, 0.2) is 11.5 Å². The highest BCUT2D eigenvalue weighted by Gasteiger charge is 2.09. The van der Waals surface area contributed by atoms with Crippen molar-refractivity contribution in [2.75, 3.05) is 0 Å². The number of carboxylic acid groups (broad SMARTS) is 1. The molecule has 8 heteroatoms. The number of carbonyl (C=O) groups excluding carboxylic acids is 1. The molecule has 1 amide bonds. The number of carbonyl (C=O) groups is 2. The molecule has 0 fully saturated rings. The Morgan fingerprint density at radius 3 is 2.41 bits per heavy atom. The van der Waals surface area contributed by atoms with E-state index in [0.717, 1.165) is 6.21 Å². The van der Waals surface area contributed by atoms with Crippen LogP contribution >= 0.6 is 0 Å². The molecule has 1 aromatic rings. The minimum atomic E-state index is -0.856. The molecule has 0 saturated carbocycles. The maximum absolute atomic E-state index is 11.4. The second-order valence-corrected chi connectivity index (χ2v) is 4.62. The summed E-state index contributed by atoms with van der Waals surface area (Å²) < 4.78 is 0. The largest absolute Gasteiger partial charge is 0.504 e. The van der Waals surface area contributed by atoms with E-state index < -0.39 is 23.2 Å². The quantitative estimate of drug-likeness (QED) is 0.212. The van der Waals surface area contributed by atoms with Crippen molar-refractivity contribution < 1.29 is 30.0 Å². The van der Waals surface area contributed by atoms with Crippen molar-refractivity contribution in [3.63, 3.8) is 0 Å². The molecule has 0 spiro atoms. The molecular weight excluding hydrogens is 292 g/mol. The molecule has 1 aromatic carbocycles. The van der Waals surface area contributed by atoms with E-state index >= 15 is 0 Å². The minimum Gasteiger partial charge on any atom is -0.504 e. The second-order valence-electron chi connectivity index (χ2n) is 4.62. The number of aliphatic carboxylic acids is 1. The first kappa shape index (κ1) is 17.3. The standard InChI is InChI=1S/C14H18N2O6/c17-10-7-6-9(13(21)14(10)22)8-15-16-11(18)4-2-1-3-5-12(19)20/h6-8,17,21-22H,1-5H2,(H,16,18)(H,19,20)/b15-8+. The van der Waals surface area contributed by atoms with Crippen molar-refractivity contribution in [2.24, 2.45) is 5.10 Å². The molecule has 120 valence electrons. The van der Waals surface area contributed by atoms with Gasteiger partial charge in [0.05, 0.1) is 6.21 Å². The fourth-order valence-electron chi connectivity index (χ4n) is 1.66. The number of benzene rings is 1. The van der Waals surface area contributed by atoms with Crippen molar-refractivity contribution in [3.05, 3.63) is 17.7 Å². The zero-order valence-corrected chi connectivity index (χ0v) is 11.8. The molecule has 0 heterocycles. The Morgan fingerprint density at radius 1 is 1.05 bits per heavy atom. The second kappa shape index (κ2) is 8.50. The van der Waals surface area contributed by atoms with E-state index in [0.29, 0.717) is 19.3 Å². The van der Waals surface area contributed by atoms with E-state index in [1.165, 1.54) is 12.1 Å². The van der Waals surface area contributed by atoms with Crippen molar-refractivity contribution in [1.29, 1.82) is 0 Å². The van der Waals surface area contributed by atoms with E-state index in [4.69, 9.17) is 10.2 Å². The first-order chi connectivity index (χ1) is 10.4. The molecule has 5 N–H and O–H groups in total. The van der Waals surface area contributed by atoms with Gasteiger partial charge in [-0.05, 0) is 25.0 Å². The van der Waals surface area contributed by atoms with Gasteiger partial charge in [-0.2, -0.15) is 5.10 Å². The number of hydrogen-bond donors (Lipinski definition) is 5. The number of carboxylic acids is 1. The van der Waals surface area contributed by atoms with Crippen molar-refractivity contribution in [1.82, 2.24) is 5.43 Å². The number of hydrogen-bond acceptors (Lipinski definition) is 6. The van der Waals surface area contributed by atoms with Crippen LogP contribution in [0, 0.1) is 0 Å². The lowest BCUT2D eigenvalue weighted by atomic mass is 10.1. The van der Waals surface area contributed by atoms with Crippen LogP contribution in [0.1, 0.15) is 37.7 Å². The summed E-state index contributed by atoms with van der Waals surface area (Å²) in [5.74, 6) is -2.85. The molecule has 0 aliphatic heterocycles. The molecular formula is C14H18N2O6. The first-order valence-corrected chi connectivity index (χ1v) is 6.69. The van der Waals surface area contributed by atoms with Crippen LogP contribution in [0.2, 0.25) is 0 Å². The Balaban J connectivity index is 2.35. The number of amides is 1. The fraction of sp³-hybridized carbons (Fsp3) is 0.357. The van der Waals surface area contributed by atoms with E-state index in [-0.39, 0.29) is 24.3 Å². The summed E-state index contributed by atoms with van der Waals surface area (Å²) in [5, 5.41) is 40.1. The van der Waals surface area contributed by atoms with Gasteiger partial charge >= 0.3 is 5.97 Å². The Morgan fingerprint density at radius 2 is 1.73 bits per heavy atom. The van der Waals surface area contributed by atoms with Crippen LogP contribution < -0.4 is 5.43 Å². The molecule has 8 nitrogen and oxygen atoms in total. The summed E-state index contributed by atoms with van der Waals surface area (Å²) in [6.45, 7) is 0. The van der Waals surface area contributed by atoms with Gasteiger partial charge in [-0.15, -0.1) is 0 Å². The Bertz CT molecular complexity index is 571. The molecule has 0 bridgehead atoms. The summed E-state index contributed by atoms with van der Waals surface area (Å²) in [4.78, 5) is 21.7. The number of aromatic hydroxyl groups is 3. The number of nitrogens with zero attached hydrogens (tertiary/aromatic N) is 1. The topological polar surface area (TPSA) is 139 Å². The maximum atomic E-state index is 11.4. The van der Waals surface area contributed by atoms with Crippen LogP contribution in [0.15, 0.2) is 17.2 Å². The van der Waals surface area contributed by atoms with Crippen LogP contribution in [-0.4, -0.2) is 38.5 Å². The third kappa shape index (κ3) is 5.70. The van der Waals surface area contributed by atoms with Crippen molar-refractivity contribution in [3.8, 4) is 17.2 Å². The van der Waals surface area contributed by atoms with Crippen LogP contribution in [0.4, 0.5) is 0 Å². The molecule has 0 unspecified atom stereocenters. The summed E-state index contributed by atoms with van der Waals surface area (Å²) in [5.41, 5.74) is 2.39. The Kier molecular flexibility index (Phi) is 6.68. The Hall–Kier alpha value is -2.77. The van der Waals surface area contributed by atoms with Gasteiger partial charge < -0.3 is 20.4 Å². The monoisotopic (exact) mass is 310 g/mol.